The van der Waals surface area contributed by atoms with E-state index in [9.17, 15) is 4.79 Å². The Kier molecular flexibility index (Phi) is 19.7. The number of allylic oxidation sites excluding steroid dienone is 3. The van der Waals surface area contributed by atoms with Gasteiger partial charge in [0.25, 0.3) is 0 Å². The predicted octanol–water partition coefficient (Wildman–Crippen LogP) is 4.28. The van der Waals surface area contributed by atoms with Gasteiger partial charge < -0.3 is 9.53 Å². The molecule has 1 aliphatic carbocycles. The van der Waals surface area contributed by atoms with E-state index >= 15 is 0 Å². The number of hydrogen-bond donors (Lipinski definition) is 0. The van der Waals surface area contributed by atoms with Gasteiger partial charge in [0.1, 0.15) is 0 Å². The average molecular weight is 811 g/mol. The van der Waals surface area contributed by atoms with Gasteiger partial charge in [0.2, 0.25) is 0 Å². The summed E-state index contributed by atoms with van der Waals surface area (Å²) in [6.45, 7) is 6.47. The van der Waals surface area contributed by atoms with Crippen molar-refractivity contribution in [2.45, 2.75) is 31.8 Å². The summed E-state index contributed by atoms with van der Waals surface area (Å²) in [5.41, 5.74) is 2.52. The molecule has 0 saturated heterocycles. The maximum Gasteiger partial charge on any atom is 2.00 e. The zero-order valence-electron chi connectivity index (χ0n) is 15.3. The van der Waals surface area contributed by atoms with Gasteiger partial charge in [-0.3, -0.25) is 0 Å². The number of esters is 1. The van der Waals surface area contributed by atoms with Crippen molar-refractivity contribution in [2.75, 3.05) is 0 Å². The van der Waals surface area contributed by atoms with Gasteiger partial charge in [-0.1, -0.05) is 19.4 Å². The van der Waals surface area contributed by atoms with Crippen molar-refractivity contribution in [2.24, 2.45) is 0 Å². The van der Waals surface area contributed by atoms with Gasteiger partial charge >= 0.3 is 37.1 Å². The van der Waals surface area contributed by atoms with E-state index in [1.54, 1.807) is 0 Å². The minimum Gasteiger partial charge on any atom is -0.460 e. The molecule has 0 N–H and O–H groups in total. The van der Waals surface area contributed by atoms with Crippen LogP contribution in [-0.4, -0.2) is 18.4 Å². The van der Waals surface area contributed by atoms with E-state index in [0.29, 0.717) is 0 Å². The molecule has 1 aromatic rings. The largest absolute Gasteiger partial charge is 2.00 e. The number of ether oxygens (including phenoxy) is 1. The summed E-state index contributed by atoms with van der Waals surface area (Å²) in [4.78, 5) is 20.1. The first-order valence-corrected chi connectivity index (χ1v) is 8.16. The number of aryl methyl sites for hydroxylation is 1. The first-order chi connectivity index (χ1) is 12.2. The maximum absolute atomic E-state index is 11.2. The van der Waals surface area contributed by atoms with E-state index in [-0.39, 0.29) is 74.3 Å². The number of rotatable bonds is 7. The van der Waals surface area contributed by atoms with Gasteiger partial charge in [-0.2, -0.15) is 60.0 Å². The molecule has 0 spiro atoms. The molecule has 138 valence electrons. The van der Waals surface area contributed by atoms with Crippen molar-refractivity contribution in [1.82, 2.24) is 0 Å². The molecule has 1 aliphatic rings. The number of carbonyl (C=O) groups is 1. The van der Waals surface area contributed by atoms with Crippen LogP contribution in [0.5, 0.6) is 0 Å². The van der Waals surface area contributed by atoms with E-state index in [1.165, 1.54) is 23.5 Å². The Morgan fingerprint density at radius 2 is 2.00 bits per heavy atom. The fourth-order valence-electron chi connectivity index (χ4n) is 2.24. The van der Waals surface area contributed by atoms with Crippen LogP contribution in [0.25, 0.3) is 0 Å². The third-order valence-electron chi connectivity index (χ3n) is 3.46. The number of benzene rings is 1. The van der Waals surface area contributed by atoms with Gasteiger partial charge in [-0.25, -0.2) is 17.4 Å². The molecule has 2 rings (SSSR count). The summed E-state index contributed by atoms with van der Waals surface area (Å²) in [5, 5.41) is 0. The number of hydrogen-bond acceptors (Lipinski definition) is 3. The molecular formula is C22H23O3U2-. The summed E-state index contributed by atoms with van der Waals surface area (Å²) in [5.74, 6) is -0.352. The number of carbonyl (C=O) groups excluding carboxylic acids is 2. The van der Waals surface area contributed by atoms with Crippen molar-refractivity contribution in [3.63, 3.8) is 0 Å². The second-order valence-electron chi connectivity index (χ2n) is 5.31. The maximum atomic E-state index is 11.2. The zero-order chi connectivity index (χ0) is 18.3. The van der Waals surface area contributed by atoms with E-state index in [1.807, 2.05) is 12.1 Å². The summed E-state index contributed by atoms with van der Waals surface area (Å²) < 4.78 is 5.27. The van der Waals surface area contributed by atoms with Crippen LogP contribution in [-0.2, 0) is 20.7 Å². The molecule has 0 amide bonds. The van der Waals surface area contributed by atoms with Crippen LogP contribution in [0.2, 0.25) is 0 Å². The Hall–Kier alpha value is -0.706. The van der Waals surface area contributed by atoms with E-state index in [0.717, 1.165) is 31.8 Å². The quantitative estimate of drug-likeness (QED) is 0.235. The van der Waals surface area contributed by atoms with E-state index in [2.05, 4.69) is 56.0 Å². The Bertz CT molecular complexity index is 616. The third-order valence-corrected chi connectivity index (χ3v) is 3.46. The molecule has 1 atom stereocenters. The molecule has 3 nitrogen and oxygen atoms in total. The Balaban J connectivity index is 0. The van der Waals surface area contributed by atoms with Crippen LogP contribution in [0.1, 0.15) is 24.8 Å². The van der Waals surface area contributed by atoms with Gasteiger partial charge in [-0.05, 0) is 19.1 Å². The van der Waals surface area contributed by atoms with Gasteiger partial charge in [0.15, 0.2) is 0 Å². The molecular weight excluding hydrogens is 788 g/mol. The molecule has 0 fully saturated rings. The first kappa shape index (κ1) is 28.5. The monoisotopic (exact) mass is 811 g/mol. The predicted molar refractivity (Wildman–Crippen MR) is 100 cm³/mol. The first-order valence-electron chi connectivity index (χ1n) is 8.16. The van der Waals surface area contributed by atoms with Crippen LogP contribution in [0.15, 0.2) is 73.4 Å². The summed E-state index contributed by atoms with van der Waals surface area (Å²) in [6.07, 6.45) is 15.7. The summed E-state index contributed by atoms with van der Waals surface area (Å²) in [6, 6.07) is 11.1. The van der Waals surface area contributed by atoms with Crippen molar-refractivity contribution in [1.29, 1.82) is 0 Å². The fraction of sp³-hybridized carbons (Fsp3) is 0.227. The van der Waals surface area contributed by atoms with Gasteiger partial charge in [0.05, 0.1) is 6.10 Å². The fourth-order valence-corrected chi connectivity index (χ4v) is 2.24. The van der Waals surface area contributed by atoms with Gasteiger partial charge in [-0.15, -0.1) is 6.08 Å². The molecule has 1 aromatic carbocycles. The molecule has 0 aromatic heterocycles. The van der Waals surface area contributed by atoms with Crippen molar-refractivity contribution in [3.05, 3.63) is 91.4 Å². The smallest absolute Gasteiger partial charge is 0.460 e. The van der Waals surface area contributed by atoms with Crippen LogP contribution in [0.4, 0.5) is 0 Å². The Morgan fingerprint density at radius 3 is 2.59 bits per heavy atom. The molecule has 0 saturated carbocycles. The third kappa shape index (κ3) is 14.0. The summed E-state index contributed by atoms with van der Waals surface area (Å²) in [7, 11) is 0. The van der Waals surface area contributed by atoms with Crippen LogP contribution in [0, 0.1) is 74.7 Å². The van der Waals surface area contributed by atoms with E-state index < -0.39 is 0 Å². The SMILES string of the molecule is C=CC(=O)OC1CC=CC([CH-]CCc2cc[c-]cc2)=CC1.C=C[C-]=O.[U+2].[U]. The van der Waals surface area contributed by atoms with Crippen molar-refractivity contribution in [3.8, 4) is 0 Å². The molecule has 0 heterocycles. The topological polar surface area (TPSA) is 43.4 Å². The molecule has 1 unspecified atom stereocenters. The van der Waals surface area contributed by atoms with Crippen LogP contribution < -0.4 is 0 Å². The molecule has 5 heteroatoms. The van der Waals surface area contributed by atoms with E-state index in [4.69, 9.17) is 9.53 Å². The average Bonchev–Trinajstić information content (AvgIpc) is 2.88. The van der Waals surface area contributed by atoms with Gasteiger partial charge in [0, 0.05) is 37.2 Å². The van der Waals surface area contributed by atoms with Crippen LogP contribution >= 0.6 is 0 Å². The Morgan fingerprint density at radius 1 is 1.33 bits per heavy atom. The van der Waals surface area contributed by atoms with Crippen molar-refractivity contribution < 1.29 is 76.6 Å². The van der Waals surface area contributed by atoms with Crippen molar-refractivity contribution >= 4 is 12.3 Å². The molecule has 0 aliphatic heterocycles. The summed E-state index contributed by atoms with van der Waals surface area (Å²) >= 11 is 0. The second-order valence-corrected chi connectivity index (χ2v) is 5.31. The minimum absolute atomic E-state index is 0. The zero-order valence-corrected chi connectivity index (χ0v) is 23.6. The molecule has 0 radical (unpaired) electrons. The minimum atomic E-state index is -0.352. The normalized spacial score (nSPS) is 14.4. The second kappa shape index (κ2) is 18.6. The molecule has 27 heavy (non-hydrogen) atoms. The molecule has 0 bridgehead atoms. The Labute approximate surface area is 210 Å². The van der Waals surface area contributed by atoms with Crippen LogP contribution in [0.3, 0.4) is 0 Å². The standard InChI is InChI=1S/C19H20O2.C3H3O.2U/c1-2-19(20)21-18-13-7-12-17(14-15-18)11-6-10-16-8-4-3-5-9-16;1-2-3-4;;/h2,4-5,7-9,11-12,14,18H,1,6,10,13,15H2;2H,1H2;;/q-2;-1;;+2.